The number of rotatable bonds is 10. The minimum atomic E-state index is -1.40. The summed E-state index contributed by atoms with van der Waals surface area (Å²) in [4.78, 5) is 63.9. The van der Waals surface area contributed by atoms with E-state index in [4.69, 9.17) is 14.3 Å². The number of carbonyl (C=O) groups is 5. The molecule has 0 aromatic heterocycles. The molecule has 1 aliphatic heterocycles. The van der Waals surface area contributed by atoms with Crippen LogP contribution in [0.2, 0.25) is 25.7 Å². The standard InChI is InChI=1S/C17H28N2O8Si/c1-5-25-15(22)9-6-12(18-17(24)26-10-11-28(2,3)4)16(23)27-19-13(20)7-8-14(19)21/h12H,5-11H2,1-4H3,(H,18,24)/t12-/m1/s1. The molecular formula is C17H28N2O8Si. The van der Waals surface area contributed by atoms with E-state index >= 15 is 0 Å². The fourth-order valence-corrected chi connectivity index (χ4v) is 2.90. The van der Waals surface area contributed by atoms with E-state index in [0.717, 1.165) is 6.04 Å². The van der Waals surface area contributed by atoms with E-state index in [9.17, 15) is 24.0 Å². The average molecular weight is 417 g/mol. The number of hydrogen-bond acceptors (Lipinski definition) is 8. The molecule has 1 aliphatic rings. The van der Waals surface area contributed by atoms with Crippen molar-refractivity contribution in [1.82, 2.24) is 10.4 Å². The van der Waals surface area contributed by atoms with Gasteiger partial charge < -0.3 is 19.6 Å². The van der Waals surface area contributed by atoms with Gasteiger partial charge in [0, 0.05) is 27.3 Å². The minimum absolute atomic E-state index is 0.0498. The maximum absolute atomic E-state index is 12.3. The summed E-state index contributed by atoms with van der Waals surface area (Å²) >= 11 is 0. The Hall–Kier alpha value is -2.43. The van der Waals surface area contributed by atoms with E-state index in [2.05, 4.69) is 25.0 Å². The maximum Gasteiger partial charge on any atom is 0.407 e. The van der Waals surface area contributed by atoms with Gasteiger partial charge in [0.1, 0.15) is 6.04 Å². The van der Waals surface area contributed by atoms with Gasteiger partial charge in [-0.15, -0.1) is 5.06 Å². The molecular weight excluding hydrogens is 388 g/mol. The first-order valence-electron chi connectivity index (χ1n) is 9.20. The van der Waals surface area contributed by atoms with Crippen molar-refractivity contribution in [3.63, 3.8) is 0 Å². The molecule has 10 nitrogen and oxygen atoms in total. The number of nitrogens with zero attached hydrogens (tertiary/aromatic N) is 1. The van der Waals surface area contributed by atoms with Crippen LogP contribution in [0.1, 0.15) is 32.6 Å². The lowest BCUT2D eigenvalue weighted by Crippen LogP contribution is -2.46. The molecule has 3 amide bonds. The summed E-state index contributed by atoms with van der Waals surface area (Å²) in [6, 6.07) is -0.528. The van der Waals surface area contributed by atoms with E-state index < -0.39 is 44.0 Å². The molecule has 28 heavy (non-hydrogen) atoms. The Labute approximate surface area is 164 Å². The summed E-state index contributed by atoms with van der Waals surface area (Å²) in [5, 5.41) is 2.71. The summed E-state index contributed by atoms with van der Waals surface area (Å²) in [6.07, 6.45) is -1.23. The summed E-state index contributed by atoms with van der Waals surface area (Å²) in [5.74, 6) is -2.86. The summed E-state index contributed by atoms with van der Waals surface area (Å²) in [6.45, 7) is 8.39. The van der Waals surface area contributed by atoms with E-state index in [1.807, 2.05) is 0 Å². The maximum atomic E-state index is 12.3. The zero-order chi connectivity index (χ0) is 21.3. The largest absolute Gasteiger partial charge is 0.466 e. The number of alkyl carbamates (subject to hydrolysis) is 1. The quantitative estimate of drug-likeness (QED) is 0.321. The van der Waals surface area contributed by atoms with Gasteiger partial charge in [0.2, 0.25) is 0 Å². The van der Waals surface area contributed by atoms with Gasteiger partial charge in [-0.1, -0.05) is 19.6 Å². The molecule has 0 radical (unpaired) electrons. The Morgan fingerprint density at radius 2 is 1.71 bits per heavy atom. The third-order valence-electron chi connectivity index (χ3n) is 3.79. The second-order valence-corrected chi connectivity index (χ2v) is 13.1. The number of imide groups is 1. The van der Waals surface area contributed by atoms with Crippen molar-refractivity contribution in [2.24, 2.45) is 0 Å². The molecule has 1 fully saturated rings. The molecule has 0 bridgehead atoms. The first kappa shape index (κ1) is 23.6. The third kappa shape index (κ3) is 8.50. The molecule has 1 heterocycles. The normalized spacial score (nSPS) is 15.2. The van der Waals surface area contributed by atoms with Gasteiger partial charge in [0.15, 0.2) is 0 Å². The van der Waals surface area contributed by atoms with E-state index in [1.54, 1.807) is 6.92 Å². The van der Waals surface area contributed by atoms with Gasteiger partial charge >= 0.3 is 18.0 Å². The van der Waals surface area contributed by atoms with Crippen LogP contribution in [0.5, 0.6) is 0 Å². The Kier molecular flexibility index (Phi) is 9.09. The predicted molar refractivity (Wildman–Crippen MR) is 99.5 cm³/mol. The Morgan fingerprint density at radius 1 is 1.11 bits per heavy atom. The van der Waals surface area contributed by atoms with Crippen LogP contribution < -0.4 is 5.32 Å². The number of nitrogens with one attached hydrogen (secondary N) is 1. The topological polar surface area (TPSA) is 128 Å². The molecule has 11 heteroatoms. The second-order valence-electron chi connectivity index (χ2n) is 7.48. The van der Waals surface area contributed by atoms with Crippen LogP contribution in [0.4, 0.5) is 4.79 Å². The highest BCUT2D eigenvalue weighted by Crippen LogP contribution is 2.14. The molecule has 0 aromatic rings. The van der Waals surface area contributed by atoms with E-state index in [0.29, 0.717) is 5.06 Å². The van der Waals surface area contributed by atoms with Crippen molar-refractivity contribution in [3.05, 3.63) is 0 Å². The number of ether oxygens (including phenoxy) is 2. The van der Waals surface area contributed by atoms with Crippen molar-refractivity contribution >= 4 is 37.9 Å². The van der Waals surface area contributed by atoms with Crippen LogP contribution in [0.15, 0.2) is 0 Å². The van der Waals surface area contributed by atoms with E-state index in [-0.39, 0.29) is 38.9 Å². The van der Waals surface area contributed by atoms with Crippen LogP contribution in [0, 0.1) is 0 Å². The van der Waals surface area contributed by atoms with Gasteiger partial charge in [0.25, 0.3) is 11.8 Å². The molecule has 158 valence electrons. The average Bonchev–Trinajstić information content (AvgIpc) is 2.89. The zero-order valence-electron chi connectivity index (χ0n) is 16.7. The molecule has 1 saturated heterocycles. The molecule has 0 saturated carbocycles. The lowest BCUT2D eigenvalue weighted by molar-refractivity contribution is -0.199. The SMILES string of the molecule is CCOC(=O)CC[C@@H](NC(=O)OCC[Si](C)(C)C)C(=O)ON1C(=O)CCC1=O. The molecule has 0 aromatic carbocycles. The monoisotopic (exact) mass is 416 g/mol. The van der Waals surface area contributed by atoms with E-state index in [1.165, 1.54) is 0 Å². The predicted octanol–water partition coefficient (Wildman–Crippen LogP) is 1.37. The van der Waals surface area contributed by atoms with Crippen molar-refractivity contribution in [2.75, 3.05) is 13.2 Å². The van der Waals surface area contributed by atoms with Gasteiger partial charge in [0.05, 0.1) is 13.2 Å². The summed E-state index contributed by atoms with van der Waals surface area (Å²) in [7, 11) is -1.40. The van der Waals surface area contributed by atoms with Gasteiger partial charge in [-0.05, 0) is 19.4 Å². The molecule has 0 spiro atoms. The molecule has 1 rings (SSSR count). The van der Waals surface area contributed by atoms with Crippen molar-refractivity contribution in [3.8, 4) is 0 Å². The van der Waals surface area contributed by atoms with Crippen LogP contribution in [0.25, 0.3) is 0 Å². The second kappa shape index (κ2) is 10.8. The Balaban J connectivity index is 2.67. The number of hydroxylamine groups is 2. The number of hydrogen-bond donors (Lipinski definition) is 1. The van der Waals surface area contributed by atoms with Crippen LogP contribution >= 0.6 is 0 Å². The van der Waals surface area contributed by atoms with Crippen LogP contribution in [-0.2, 0) is 33.5 Å². The molecule has 0 unspecified atom stereocenters. The van der Waals surface area contributed by atoms with Gasteiger partial charge in [-0.2, -0.15) is 0 Å². The summed E-state index contributed by atoms with van der Waals surface area (Å²) < 4.78 is 9.88. The number of esters is 1. The first-order chi connectivity index (χ1) is 13.0. The lowest BCUT2D eigenvalue weighted by atomic mass is 10.1. The van der Waals surface area contributed by atoms with Gasteiger partial charge in [-0.25, -0.2) is 9.59 Å². The highest BCUT2D eigenvalue weighted by molar-refractivity contribution is 6.76. The number of amides is 3. The highest BCUT2D eigenvalue weighted by atomic mass is 28.3. The van der Waals surface area contributed by atoms with Crippen molar-refractivity contribution < 1.29 is 38.3 Å². The fourth-order valence-electron chi connectivity index (χ4n) is 2.19. The van der Waals surface area contributed by atoms with Gasteiger partial charge in [-0.3, -0.25) is 14.4 Å². The third-order valence-corrected chi connectivity index (χ3v) is 5.50. The lowest BCUT2D eigenvalue weighted by Gasteiger charge is -2.20. The van der Waals surface area contributed by atoms with Crippen molar-refractivity contribution in [2.45, 2.75) is 64.3 Å². The zero-order valence-corrected chi connectivity index (χ0v) is 17.7. The van der Waals surface area contributed by atoms with Crippen molar-refractivity contribution in [1.29, 1.82) is 0 Å². The minimum Gasteiger partial charge on any atom is -0.466 e. The molecule has 1 atom stereocenters. The number of carbonyl (C=O) groups excluding carboxylic acids is 5. The Bertz CT molecular complexity index is 601. The first-order valence-corrected chi connectivity index (χ1v) is 12.9. The molecule has 1 N–H and O–H groups in total. The highest BCUT2D eigenvalue weighted by Gasteiger charge is 2.35. The Morgan fingerprint density at radius 3 is 2.25 bits per heavy atom. The summed E-state index contributed by atoms with van der Waals surface area (Å²) in [5.41, 5.74) is 0. The molecule has 0 aliphatic carbocycles. The fraction of sp³-hybridized carbons (Fsp3) is 0.706. The van der Waals surface area contributed by atoms with Crippen LogP contribution in [0.3, 0.4) is 0 Å². The smallest absolute Gasteiger partial charge is 0.407 e. The van der Waals surface area contributed by atoms with Crippen LogP contribution in [-0.4, -0.2) is 62.2 Å².